The second-order valence-corrected chi connectivity index (χ2v) is 5.29. The number of ether oxygens (including phenoxy) is 2. The van der Waals surface area contributed by atoms with E-state index >= 15 is 0 Å². The summed E-state index contributed by atoms with van der Waals surface area (Å²) >= 11 is 3.41. The zero-order valence-electron chi connectivity index (χ0n) is 11.7. The van der Waals surface area contributed by atoms with Gasteiger partial charge in [0.15, 0.2) is 11.5 Å². The molecule has 1 atom stereocenters. The van der Waals surface area contributed by atoms with Gasteiger partial charge in [-0.05, 0) is 46.6 Å². The van der Waals surface area contributed by atoms with Crippen LogP contribution in [0.2, 0.25) is 0 Å². The molecular weight excluding hydrogens is 320 g/mol. The van der Waals surface area contributed by atoms with Crippen molar-refractivity contribution >= 4 is 21.6 Å². The lowest BCUT2D eigenvalue weighted by atomic mass is 10.1. The molecule has 0 saturated heterocycles. The zero-order chi connectivity index (χ0) is 14.5. The number of halogens is 1. The standard InChI is InChI=1S/C15H17BrN2O2/c1-10(18-13-7-12(16)8-17-9-13)11-4-5-14(19-2)15(6-11)20-3/h4-10,18H,1-3H3. The number of aromatic nitrogens is 1. The summed E-state index contributed by atoms with van der Waals surface area (Å²) in [4.78, 5) is 4.14. The fraction of sp³-hybridized carbons (Fsp3) is 0.267. The Morgan fingerprint density at radius 2 is 1.85 bits per heavy atom. The summed E-state index contributed by atoms with van der Waals surface area (Å²) in [5.74, 6) is 1.46. The first-order chi connectivity index (χ1) is 9.63. The number of rotatable bonds is 5. The first-order valence-corrected chi connectivity index (χ1v) is 7.02. The Bertz CT molecular complexity index is 590. The maximum absolute atomic E-state index is 5.32. The largest absolute Gasteiger partial charge is 0.493 e. The van der Waals surface area contributed by atoms with Crippen LogP contribution in [-0.2, 0) is 0 Å². The lowest BCUT2D eigenvalue weighted by Gasteiger charge is -2.17. The predicted octanol–water partition coefficient (Wildman–Crippen LogP) is 4.03. The number of pyridine rings is 1. The molecule has 0 amide bonds. The lowest BCUT2D eigenvalue weighted by Crippen LogP contribution is -2.07. The van der Waals surface area contributed by atoms with Crippen molar-refractivity contribution in [2.75, 3.05) is 19.5 Å². The number of anilines is 1. The third-order valence-corrected chi connectivity index (χ3v) is 3.43. The molecule has 0 radical (unpaired) electrons. The molecule has 1 aromatic heterocycles. The first-order valence-electron chi connectivity index (χ1n) is 6.23. The zero-order valence-corrected chi connectivity index (χ0v) is 13.3. The van der Waals surface area contributed by atoms with Crippen LogP contribution in [0.25, 0.3) is 0 Å². The van der Waals surface area contributed by atoms with E-state index in [1.807, 2.05) is 24.3 Å². The Morgan fingerprint density at radius 3 is 2.50 bits per heavy atom. The number of nitrogens with one attached hydrogen (secondary N) is 1. The summed E-state index contributed by atoms with van der Waals surface area (Å²) in [6.07, 6.45) is 3.55. The summed E-state index contributed by atoms with van der Waals surface area (Å²) in [7, 11) is 3.27. The SMILES string of the molecule is COc1ccc(C(C)Nc2cncc(Br)c2)cc1OC. The van der Waals surface area contributed by atoms with Crippen molar-refractivity contribution in [1.29, 1.82) is 0 Å². The molecule has 5 heteroatoms. The quantitative estimate of drug-likeness (QED) is 0.894. The van der Waals surface area contributed by atoms with Gasteiger partial charge in [-0.25, -0.2) is 0 Å². The number of methoxy groups -OCH3 is 2. The van der Waals surface area contributed by atoms with Crippen LogP contribution in [0, 0.1) is 0 Å². The van der Waals surface area contributed by atoms with Crippen molar-refractivity contribution in [3.05, 3.63) is 46.7 Å². The van der Waals surface area contributed by atoms with Crippen molar-refractivity contribution in [1.82, 2.24) is 4.98 Å². The molecular formula is C15H17BrN2O2. The molecule has 1 N–H and O–H groups in total. The molecule has 20 heavy (non-hydrogen) atoms. The molecule has 0 saturated carbocycles. The molecule has 1 unspecified atom stereocenters. The monoisotopic (exact) mass is 336 g/mol. The minimum absolute atomic E-state index is 0.130. The third kappa shape index (κ3) is 3.42. The van der Waals surface area contributed by atoms with E-state index in [0.29, 0.717) is 0 Å². The van der Waals surface area contributed by atoms with Crippen LogP contribution in [-0.4, -0.2) is 19.2 Å². The molecule has 2 aromatic rings. The average molecular weight is 337 g/mol. The molecule has 0 aliphatic carbocycles. The topological polar surface area (TPSA) is 43.4 Å². The van der Waals surface area contributed by atoms with E-state index in [9.17, 15) is 0 Å². The number of hydrogen-bond acceptors (Lipinski definition) is 4. The van der Waals surface area contributed by atoms with Crippen LogP contribution in [0.15, 0.2) is 41.1 Å². The van der Waals surface area contributed by atoms with Gasteiger partial charge in [0, 0.05) is 16.7 Å². The van der Waals surface area contributed by atoms with Crippen LogP contribution in [0.1, 0.15) is 18.5 Å². The molecule has 106 valence electrons. The van der Waals surface area contributed by atoms with E-state index < -0.39 is 0 Å². The van der Waals surface area contributed by atoms with E-state index in [1.165, 1.54) is 0 Å². The third-order valence-electron chi connectivity index (χ3n) is 3.00. The fourth-order valence-corrected chi connectivity index (χ4v) is 2.31. The molecule has 1 aromatic carbocycles. The maximum Gasteiger partial charge on any atom is 0.161 e. The van der Waals surface area contributed by atoms with E-state index in [-0.39, 0.29) is 6.04 Å². The van der Waals surface area contributed by atoms with Gasteiger partial charge in [0.2, 0.25) is 0 Å². The van der Waals surface area contributed by atoms with E-state index in [1.54, 1.807) is 26.6 Å². The Hall–Kier alpha value is -1.75. The summed E-state index contributed by atoms with van der Waals surface area (Å²) in [6.45, 7) is 2.09. The van der Waals surface area contributed by atoms with E-state index in [4.69, 9.17) is 9.47 Å². The van der Waals surface area contributed by atoms with E-state index in [0.717, 1.165) is 27.2 Å². The van der Waals surface area contributed by atoms with Crippen molar-refractivity contribution < 1.29 is 9.47 Å². The van der Waals surface area contributed by atoms with Crippen molar-refractivity contribution in [2.45, 2.75) is 13.0 Å². The second-order valence-electron chi connectivity index (χ2n) is 4.37. The van der Waals surface area contributed by atoms with Crippen LogP contribution in [0.4, 0.5) is 5.69 Å². The van der Waals surface area contributed by atoms with Gasteiger partial charge in [-0.15, -0.1) is 0 Å². The average Bonchev–Trinajstić information content (AvgIpc) is 2.46. The smallest absolute Gasteiger partial charge is 0.161 e. The second kappa shape index (κ2) is 6.61. The highest BCUT2D eigenvalue weighted by molar-refractivity contribution is 9.10. The Kier molecular flexibility index (Phi) is 4.84. The number of benzene rings is 1. The predicted molar refractivity (Wildman–Crippen MR) is 83.5 cm³/mol. The molecule has 0 bridgehead atoms. The molecule has 4 nitrogen and oxygen atoms in total. The Balaban J connectivity index is 2.18. The van der Waals surface area contributed by atoms with Crippen LogP contribution in [0.3, 0.4) is 0 Å². The molecule has 0 spiro atoms. The summed E-state index contributed by atoms with van der Waals surface area (Å²) in [5, 5.41) is 3.40. The van der Waals surface area contributed by atoms with Gasteiger partial charge in [0.25, 0.3) is 0 Å². The first kappa shape index (κ1) is 14.7. The highest BCUT2D eigenvalue weighted by Gasteiger charge is 2.10. The van der Waals surface area contributed by atoms with Crippen molar-refractivity contribution in [3.8, 4) is 11.5 Å². The molecule has 0 aliphatic heterocycles. The molecule has 1 heterocycles. The minimum Gasteiger partial charge on any atom is -0.493 e. The molecule has 0 aliphatic rings. The van der Waals surface area contributed by atoms with Gasteiger partial charge in [-0.3, -0.25) is 4.98 Å². The van der Waals surface area contributed by atoms with Crippen molar-refractivity contribution in [2.24, 2.45) is 0 Å². The van der Waals surface area contributed by atoms with Gasteiger partial charge in [0.1, 0.15) is 0 Å². The summed E-state index contributed by atoms with van der Waals surface area (Å²) < 4.78 is 11.5. The van der Waals surface area contributed by atoms with Gasteiger partial charge in [-0.1, -0.05) is 6.07 Å². The molecule has 0 fully saturated rings. The normalized spacial score (nSPS) is 11.8. The minimum atomic E-state index is 0.130. The lowest BCUT2D eigenvalue weighted by molar-refractivity contribution is 0.354. The van der Waals surface area contributed by atoms with Gasteiger partial charge >= 0.3 is 0 Å². The highest BCUT2D eigenvalue weighted by atomic mass is 79.9. The van der Waals surface area contributed by atoms with Crippen LogP contribution < -0.4 is 14.8 Å². The van der Waals surface area contributed by atoms with Gasteiger partial charge < -0.3 is 14.8 Å². The fourth-order valence-electron chi connectivity index (χ4n) is 1.95. The highest BCUT2D eigenvalue weighted by Crippen LogP contribution is 2.31. The number of nitrogens with zero attached hydrogens (tertiary/aromatic N) is 1. The summed E-state index contributed by atoms with van der Waals surface area (Å²) in [5.41, 5.74) is 2.07. The van der Waals surface area contributed by atoms with Crippen molar-refractivity contribution in [3.63, 3.8) is 0 Å². The van der Waals surface area contributed by atoms with Crippen LogP contribution in [0.5, 0.6) is 11.5 Å². The maximum atomic E-state index is 5.32. The van der Waals surface area contributed by atoms with Gasteiger partial charge in [-0.2, -0.15) is 0 Å². The summed E-state index contributed by atoms with van der Waals surface area (Å²) in [6, 6.07) is 8.02. The Morgan fingerprint density at radius 1 is 1.10 bits per heavy atom. The molecule has 2 rings (SSSR count). The van der Waals surface area contributed by atoms with Crippen LogP contribution >= 0.6 is 15.9 Å². The number of hydrogen-bond donors (Lipinski definition) is 1. The van der Waals surface area contributed by atoms with Gasteiger partial charge in [0.05, 0.1) is 26.1 Å². The Labute approximate surface area is 127 Å². The van der Waals surface area contributed by atoms with E-state index in [2.05, 4.69) is 33.2 Å².